The second kappa shape index (κ2) is 12.2. The molecule has 7 nitrogen and oxygen atoms in total. The standard InChI is InChI=1S/C34H39N3O4/c1-34(2,3)41-33(40)37-21-26(18-24-12-6-4-7-13-24)27(23-37)22-36(20-25-14-8-5-9-15-25)32(39)29-19-31(38)35-30-17-11-10-16-28(29)30/h4-17,26-27,29H,18-23H2,1-3H3,(H,35,38)/t26-,27-,29?/m1/s1. The van der Waals surface area contributed by atoms with Gasteiger partial charge in [-0.3, -0.25) is 9.59 Å². The van der Waals surface area contributed by atoms with E-state index in [1.54, 1.807) is 4.90 Å². The Morgan fingerprint density at radius 2 is 1.49 bits per heavy atom. The summed E-state index contributed by atoms with van der Waals surface area (Å²) in [5.41, 5.74) is 3.18. The highest BCUT2D eigenvalue weighted by Gasteiger charge is 2.40. The minimum Gasteiger partial charge on any atom is -0.444 e. The minimum atomic E-state index is -0.589. The SMILES string of the molecule is CC(C)(C)OC(=O)N1C[C@@H](Cc2ccccc2)[C@H](CN(Cc2ccccc2)C(=O)C2CC(=O)Nc3ccccc32)C1. The van der Waals surface area contributed by atoms with Gasteiger partial charge in [0.15, 0.2) is 0 Å². The predicted octanol–water partition coefficient (Wildman–Crippen LogP) is 5.87. The topological polar surface area (TPSA) is 79.0 Å². The van der Waals surface area contributed by atoms with Gasteiger partial charge in [0.1, 0.15) is 5.60 Å². The van der Waals surface area contributed by atoms with Crippen molar-refractivity contribution in [2.45, 2.75) is 51.7 Å². The highest BCUT2D eigenvalue weighted by atomic mass is 16.6. The van der Waals surface area contributed by atoms with Crippen LogP contribution in [-0.4, -0.2) is 52.9 Å². The van der Waals surface area contributed by atoms with Gasteiger partial charge in [0.25, 0.3) is 0 Å². The van der Waals surface area contributed by atoms with E-state index in [4.69, 9.17) is 4.74 Å². The fourth-order valence-corrected chi connectivity index (χ4v) is 5.94. The molecule has 214 valence electrons. The molecule has 3 aromatic carbocycles. The Labute approximate surface area is 242 Å². The van der Waals surface area contributed by atoms with Crippen molar-refractivity contribution in [3.05, 3.63) is 102 Å². The number of nitrogens with zero attached hydrogens (tertiary/aromatic N) is 2. The van der Waals surface area contributed by atoms with Crippen LogP contribution in [0.5, 0.6) is 0 Å². The van der Waals surface area contributed by atoms with E-state index >= 15 is 0 Å². The van der Waals surface area contributed by atoms with E-state index in [1.165, 1.54) is 5.56 Å². The van der Waals surface area contributed by atoms with Crippen LogP contribution in [0.2, 0.25) is 0 Å². The fourth-order valence-electron chi connectivity index (χ4n) is 5.94. The fraction of sp³-hybridized carbons (Fsp3) is 0.382. The van der Waals surface area contributed by atoms with E-state index in [2.05, 4.69) is 17.4 Å². The zero-order valence-electron chi connectivity index (χ0n) is 24.1. The smallest absolute Gasteiger partial charge is 0.410 e. The molecule has 0 spiro atoms. The molecule has 41 heavy (non-hydrogen) atoms. The molecule has 0 aliphatic carbocycles. The highest BCUT2D eigenvalue weighted by Crippen LogP contribution is 2.35. The summed E-state index contributed by atoms with van der Waals surface area (Å²) in [6.07, 6.45) is 0.590. The van der Waals surface area contributed by atoms with Gasteiger partial charge in [-0.2, -0.15) is 0 Å². The first-order chi connectivity index (χ1) is 19.7. The van der Waals surface area contributed by atoms with E-state index in [1.807, 2.05) is 98.5 Å². The number of amides is 3. The first-order valence-corrected chi connectivity index (χ1v) is 14.4. The molecule has 3 amide bonds. The third kappa shape index (κ3) is 7.15. The van der Waals surface area contributed by atoms with Gasteiger partial charge in [0, 0.05) is 38.3 Å². The van der Waals surface area contributed by atoms with Gasteiger partial charge >= 0.3 is 6.09 Å². The predicted molar refractivity (Wildman–Crippen MR) is 159 cm³/mol. The molecule has 0 bridgehead atoms. The first-order valence-electron chi connectivity index (χ1n) is 14.4. The lowest BCUT2D eigenvalue weighted by Crippen LogP contribution is -2.42. The molecule has 1 unspecified atom stereocenters. The molecular weight excluding hydrogens is 514 g/mol. The molecule has 2 heterocycles. The van der Waals surface area contributed by atoms with Crippen LogP contribution in [0.15, 0.2) is 84.9 Å². The van der Waals surface area contributed by atoms with Gasteiger partial charge in [-0.15, -0.1) is 0 Å². The van der Waals surface area contributed by atoms with Crippen LogP contribution in [-0.2, 0) is 27.3 Å². The lowest BCUT2D eigenvalue weighted by Gasteiger charge is -2.33. The van der Waals surface area contributed by atoms with Crippen molar-refractivity contribution in [2.75, 3.05) is 25.0 Å². The summed E-state index contributed by atoms with van der Waals surface area (Å²) >= 11 is 0. The van der Waals surface area contributed by atoms with Crippen molar-refractivity contribution in [3.63, 3.8) is 0 Å². The summed E-state index contributed by atoms with van der Waals surface area (Å²) in [4.78, 5) is 43.7. The van der Waals surface area contributed by atoms with Gasteiger partial charge in [-0.05, 0) is 61.8 Å². The second-order valence-electron chi connectivity index (χ2n) is 12.2. The molecule has 0 saturated carbocycles. The third-order valence-electron chi connectivity index (χ3n) is 7.85. The number of ether oxygens (including phenoxy) is 1. The number of likely N-dealkylation sites (tertiary alicyclic amines) is 1. The van der Waals surface area contributed by atoms with E-state index in [9.17, 15) is 14.4 Å². The molecule has 3 atom stereocenters. The van der Waals surface area contributed by atoms with Crippen LogP contribution in [0.25, 0.3) is 0 Å². The van der Waals surface area contributed by atoms with Gasteiger partial charge in [0.05, 0.1) is 5.92 Å². The number of hydrogen-bond donors (Lipinski definition) is 1. The van der Waals surface area contributed by atoms with E-state index in [-0.39, 0.29) is 36.2 Å². The molecule has 1 N–H and O–H groups in total. The van der Waals surface area contributed by atoms with E-state index < -0.39 is 11.5 Å². The van der Waals surface area contributed by atoms with Crippen molar-refractivity contribution in [1.29, 1.82) is 0 Å². The number of carbonyl (C=O) groups is 3. The number of carbonyl (C=O) groups excluding carboxylic acids is 3. The Morgan fingerprint density at radius 1 is 0.878 bits per heavy atom. The number of anilines is 1. The lowest BCUT2D eigenvalue weighted by atomic mass is 9.87. The quantitative estimate of drug-likeness (QED) is 0.397. The van der Waals surface area contributed by atoms with Crippen LogP contribution in [0, 0.1) is 11.8 Å². The Hall–Kier alpha value is -4.13. The normalized spacial score (nSPS) is 20.2. The first kappa shape index (κ1) is 28.4. The number of benzene rings is 3. The van der Waals surface area contributed by atoms with E-state index in [0.29, 0.717) is 31.9 Å². The van der Waals surface area contributed by atoms with Gasteiger partial charge < -0.3 is 19.9 Å². The largest absolute Gasteiger partial charge is 0.444 e. The maximum atomic E-state index is 14.3. The lowest BCUT2D eigenvalue weighted by molar-refractivity contribution is -0.136. The second-order valence-corrected chi connectivity index (χ2v) is 12.2. The van der Waals surface area contributed by atoms with Crippen LogP contribution >= 0.6 is 0 Å². The average molecular weight is 554 g/mol. The van der Waals surface area contributed by atoms with Crippen LogP contribution < -0.4 is 5.32 Å². The Balaban J connectivity index is 1.43. The summed E-state index contributed by atoms with van der Waals surface area (Å²) in [6, 6.07) is 27.8. The molecule has 2 aliphatic heterocycles. The monoisotopic (exact) mass is 553 g/mol. The molecule has 7 heteroatoms. The molecule has 1 saturated heterocycles. The van der Waals surface area contributed by atoms with Crippen LogP contribution in [0.1, 0.15) is 49.8 Å². The zero-order chi connectivity index (χ0) is 29.0. The molecular formula is C34H39N3O4. The summed E-state index contributed by atoms with van der Waals surface area (Å²) in [5, 5.41) is 2.91. The molecule has 5 rings (SSSR count). The molecule has 0 aromatic heterocycles. The molecule has 1 fully saturated rings. The van der Waals surface area contributed by atoms with Crippen molar-refractivity contribution >= 4 is 23.6 Å². The molecule has 2 aliphatic rings. The molecule has 0 radical (unpaired) electrons. The van der Waals surface area contributed by atoms with Crippen molar-refractivity contribution < 1.29 is 19.1 Å². The van der Waals surface area contributed by atoms with Gasteiger partial charge in [0.2, 0.25) is 11.8 Å². The highest BCUT2D eigenvalue weighted by molar-refractivity contribution is 6.01. The Morgan fingerprint density at radius 3 is 2.17 bits per heavy atom. The number of fused-ring (bicyclic) bond motifs is 1. The van der Waals surface area contributed by atoms with Gasteiger partial charge in [-0.1, -0.05) is 78.9 Å². The Bertz CT molecular complexity index is 1370. The van der Waals surface area contributed by atoms with Crippen molar-refractivity contribution in [2.24, 2.45) is 11.8 Å². The number of rotatable bonds is 7. The summed E-state index contributed by atoms with van der Waals surface area (Å²) in [6.45, 7) is 7.60. The van der Waals surface area contributed by atoms with Crippen LogP contribution in [0.3, 0.4) is 0 Å². The minimum absolute atomic E-state index is 0.0445. The number of para-hydroxylation sites is 1. The van der Waals surface area contributed by atoms with Crippen molar-refractivity contribution in [1.82, 2.24) is 9.80 Å². The maximum absolute atomic E-state index is 14.3. The van der Waals surface area contributed by atoms with Crippen LogP contribution in [0.4, 0.5) is 10.5 Å². The third-order valence-corrected chi connectivity index (χ3v) is 7.85. The van der Waals surface area contributed by atoms with E-state index in [0.717, 1.165) is 17.5 Å². The average Bonchev–Trinajstić information content (AvgIpc) is 3.34. The number of nitrogens with one attached hydrogen (secondary N) is 1. The zero-order valence-corrected chi connectivity index (χ0v) is 24.1. The summed E-state index contributed by atoms with van der Waals surface area (Å²) in [5.74, 6) is -0.577. The Kier molecular flexibility index (Phi) is 8.43. The van der Waals surface area contributed by atoms with Crippen molar-refractivity contribution in [3.8, 4) is 0 Å². The summed E-state index contributed by atoms with van der Waals surface area (Å²) < 4.78 is 5.72. The number of hydrogen-bond acceptors (Lipinski definition) is 4. The summed E-state index contributed by atoms with van der Waals surface area (Å²) in [7, 11) is 0. The molecule has 3 aromatic rings. The van der Waals surface area contributed by atoms with Gasteiger partial charge in [-0.25, -0.2) is 4.79 Å². The maximum Gasteiger partial charge on any atom is 0.410 e.